The summed E-state index contributed by atoms with van der Waals surface area (Å²) in [5.41, 5.74) is 7.90. The third kappa shape index (κ3) is 2.15. The highest BCUT2D eigenvalue weighted by Gasteiger charge is 2.24. The molecule has 2 aromatic rings. The van der Waals surface area contributed by atoms with Gasteiger partial charge < -0.3 is 15.9 Å². The Balaban J connectivity index is 2.85. The van der Waals surface area contributed by atoms with Gasteiger partial charge >= 0.3 is 11.9 Å². The van der Waals surface area contributed by atoms with Gasteiger partial charge in [0.2, 0.25) is 0 Å². The van der Waals surface area contributed by atoms with E-state index in [1.54, 1.807) is 17.8 Å². The number of rotatable bonds is 3. The third-order valence-electron chi connectivity index (χ3n) is 2.70. The van der Waals surface area contributed by atoms with Gasteiger partial charge in [0, 0.05) is 10.9 Å². The van der Waals surface area contributed by atoms with Crippen LogP contribution in [-0.2, 0) is 0 Å². The van der Waals surface area contributed by atoms with E-state index in [1.165, 1.54) is 17.4 Å². The van der Waals surface area contributed by atoms with E-state index in [9.17, 15) is 14.7 Å². The molecule has 7 heteroatoms. The number of anilines is 1. The highest BCUT2D eigenvalue weighted by Crippen LogP contribution is 2.33. The van der Waals surface area contributed by atoms with Crippen molar-refractivity contribution in [1.29, 1.82) is 0 Å². The van der Waals surface area contributed by atoms with Crippen LogP contribution in [0.4, 0.5) is 5.69 Å². The number of carbonyl (C=O) groups is 2. The first kappa shape index (κ1) is 13.0. The van der Waals surface area contributed by atoms with Gasteiger partial charge in [-0.3, -0.25) is 0 Å². The van der Waals surface area contributed by atoms with E-state index < -0.39 is 11.9 Å². The molecule has 0 amide bonds. The maximum Gasteiger partial charge on any atom is 0.338 e. The van der Waals surface area contributed by atoms with Crippen molar-refractivity contribution in [3.8, 4) is 11.3 Å². The Morgan fingerprint density at radius 2 is 2.00 bits per heavy atom. The molecule has 0 spiro atoms. The molecule has 0 aliphatic heterocycles. The second-order valence-electron chi connectivity index (χ2n) is 3.89. The zero-order valence-corrected chi connectivity index (χ0v) is 10.7. The number of nitrogens with two attached hydrogens (primary N) is 1. The SMILES string of the molecule is Cc1cc(C(=O)O)c(N)c(C(=O)O)c1-c1cscn1. The lowest BCUT2D eigenvalue weighted by molar-refractivity contribution is 0.0696. The van der Waals surface area contributed by atoms with Crippen LogP contribution in [0, 0.1) is 6.92 Å². The largest absolute Gasteiger partial charge is 0.478 e. The molecule has 4 N–H and O–H groups in total. The number of hydrogen-bond donors (Lipinski definition) is 3. The van der Waals surface area contributed by atoms with Crippen molar-refractivity contribution in [3.63, 3.8) is 0 Å². The molecule has 19 heavy (non-hydrogen) atoms. The predicted molar refractivity (Wildman–Crippen MR) is 70.6 cm³/mol. The lowest BCUT2D eigenvalue weighted by Gasteiger charge is -2.13. The molecule has 0 unspecified atom stereocenters. The fourth-order valence-electron chi connectivity index (χ4n) is 1.90. The lowest BCUT2D eigenvalue weighted by atomic mass is 9.94. The third-order valence-corrected chi connectivity index (χ3v) is 3.28. The van der Waals surface area contributed by atoms with Crippen molar-refractivity contribution >= 4 is 29.0 Å². The van der Waals surface area contributed by atoms with Crippen molar-refractivity contribution in [2.75, 3.05) is 5.73 Å². The molecule has 6 nitrogen and oxygen atoms in total. The Kier molecular flexibility index (Phi) is 3.22. The molecular formula is C12H10N2O4S. The van der Waals surface area contributed by atoms with Crippen LogP contribution in [0.25, 0.3) is 11.3 Å². The predicted octanol–water partition coefficient (Wildman–Crippen LogP) is 2.10. The summed E-state index contributed by atoms with van der Waals surface area (Å²) in [4.78, 5) is 26.5. The van der Waals surface area contributed by atoms with Crippen molar-refractivity contribution in [1.82, 2.24) is 4.98 Å². The van der Waals surface area contributed by atoms with E-state index in [0.29, 0.717) is 16.8 Å². The van der Waals surface area contributed by atoms with Gasteiger partial charge in [-0.2, -0.15) is 0 Å². The van der Waals surface area contributed by atoms with E-state index in [2.05, 4.69) is 4.98 Å². The van der Waals surface area contributed by atoms with E-state index in [-0.39, 0.29) is 16.8 Å². The summed E-state index contributed by atoms with van der Waals surface area (Å²) in [6.45, 7) is 1.63. The summed E-state index contributed by atoms with van der Waals surface area (Å²) < 4.78 is 0. The van der Waals surface area contributed by atoms with Gasteiger partial charge in [0.05, 0.1) is 28.0 Å². The molecule has 1 aromatic carbocycles. The van der Waals surface area contributed by atoms with Gasteiger partial charge in [-0.05, 0) is 18.6 Å². The number of aromatic nitrogens is 1. The average molecular weight is 278 g/mol. The molecule has 0 fully saturated rings. The Morgan fingerprint density at radius 3 is 2.47 bits per heavy atom. The number of nitrogens with zero attached hydrogens (tertiary/aromatic N) is 1. The molecule has 0 atom stereocenters. The van der Waals surface area contributed by atoms with Crippen LogP contribution in [0.15, 0.2) is 17.0 Å². The van der Waals surface area contributed by atoms with Crippen LogP contribution in [0.3, 0.4) is 0 Å². The number of carboxylic acids is 2. The van der Waals surface area contributed by atoms with Gasteiger partial charge in [-0.1, -0.05) is 0 Å². The van der Waals surface area contributed by atoms with Gasteiger partial charge in [0.15, 0.2) is 0 Å². The molecule has 0 bridgehead atoms. The van der Waals surface area contributed by atoms with Crippen LogP contribution in [0.1, 0.15) is 26.3 Å². The van der Waals surface area contributed by atoms with Crippen molar-refractivity contribution in [3.05, 3.63) is 33.6 Å². The maximum absolute atomic E-state index is 11.4. The van der Waals surface area contributed by atoms with E-state index in [4.69, 9.17) is 10.8 Å². The van der Waals surface area contributed by atoms with Crippen LogP contribution in [0.2, 0.25) is 0 Å². The van der Waals surface area contributed by atoms with Gasteiger partial charge in [0.1, 0.15) is 0 Å². The van der Waals surface area contributed by atoms with Crippen LogP contribution >= 0.6 is 11.3 Å². The van der Waals surface area contributed by atoms with Crippen molar-refractivity contribution in [2.24, 2.45) is 0 Å². The maximum atomic E-state index is 11.4. The van der Waals surface area contributed by atoms with Crippen molar-refractivity contribution < 1.29 is 19.8 Å². The Bertz CT molecular complexity index is 665. The summed E-state index contributed by atoms with van der Waals surface area (Å²) in [6, 6.07) is 1.36. The molecule has 1 aromatic heterocycles. The number of nitrogen functional groups attached to an aromatic ring is 1. The Morgan fingerprint density at radius 1 is 1.32 bits per heavy atom. The lowest BCUT2D eigenvalue weighted by Crippen LogP contribution is -2.12. The molecule has 0 aliphatic rings. The molecule has 0 saturated carbocycles. The first-order chi connectivity index (χ1) is 8.93. The number of aryl methyl sites for hydroxylation is 1. The second-order valence-corrected chi connectivity index (χ2v) is 4.61. The fourth-order valence-corrected chi connectivity index (χ4v) is 2.44. The summed E-state index contributed by atoms with van der Waals surface area (Å²) >= 11 is 1.32. The molecule has 0 radical (unpaired) electrons. The van der Waals surface area contributed by atoms with E-state index in [0.717, 1.165) is 0 Å². The summed E-state index contributed by atoms with van der Waals surface area (Å²) in [7, 11) is 0. The van der Waals surface area contributed by atoms with E-state index in [1.807, 2.05) is 0 Å². The fraction of sp³-hybridized carbons (Fsp3) is 0.0833. The van der Waals surface area contributed by atoms with Crippen LogP contribution in [-0.4, -0.2) is 27.1 Å². The minimum absolute atomic E-state index is 0.214. The van der Waals surface area contributed by atoms with Crippen molar-refractivity contribution in [2.45, 2.75) is 6.92 Å². The van der Waals surface area contributed by atoms with Gasteiger partial charge in [-0.25, -0.2) is 14.6 Å². The smallest absolute Gasteiger partial charge is 0.338 e. The number of carboxylic acid groups (broad SMARTS) is 2. The summed E-state index contributed by atoms with van der Waals surface area (Å²) in [5, 5.41) is 20.0. The molecule has 98 valence electrons. The first-order valence-corrected chi connectivity index (χ1v) is 6.16. The quantitative estimate of drug-likeness (QED) is 0.741. The minimum Gasteiger partial charge on any atom is -0.478 e. The highest BCUT2D eigenvalue weighted by atomic mass is 32.1. The molecule has 1 heterocycles. The van der Waals surface area contributed by atoms with Gasteiger partial charge in [0.25, 0.3) is 0 Å². The summed E-state index contributed by atoms with van der Waals surface area (Å²) in [6.07, 6.45) is 0. The molecule has 0 saturated heterocycles. The minimum atomic E-state index is -1.27. The monoisotopic (exact) mass is 278 g/mol. The normalized spacial score (nSPS) is 10.4. The molecular weight excluding hydrogens is 268 g/mol. The zero-order chi connectivity index (χ0) is 14.2. The summed E-state index contributed by atoms with van der Waals surface area (Å²) in [5.74, 6) is -2.53. The van der Waals surface area contributed by atoms with Gasteiger partial charge in [-0.15, -0.1) is 11.3 Å². The zero-order valence-electron chi connectivity index (χ0n) is 9.88. The Hall–Kier alpha value is -2.41. The first-order valence-electron chi connectivity index (χ1n) is 5.21. The average Bonchev–Trinajstić information content (AvgIpc) is 2.83. The second kappa shape index (κ2) is 4.69. The Labute approximate surface area is 112 Å². The number of aromatic carboxylic acids is 2. The number of benzene rings is 1. The topological polar surface area (TPSA) is 114 Å². The highest BCUT2D eigenvalue weighted by molar-refractivity contribution is 7.07. The number of thiazole rings is 1. The standard InChI is InChI=1S/C12H10N2O4S/c1-5-2-6(11(15)16)10(13)9(12(17)18)8(5)7-3-19-4-14-7/h2-4H,13H2,1H3,(H,15,16)(H,17,18). The number of hydrogen-bond acceptors (Lipinski definition) is 5. The molecule has 0 aliphatic carbocycles. The van der Waals surface area contributed by atoms with Crippen LogP contribution < -0.4 is 5.73 Å². The molecule has 2 rings (SSSR count). The van der Waals surface area contributed by atoms with Crippen LogP contribution in [0.5, 0.6) is 0 Å². The van der Waals surface area contributed by atoms with E-state index >= 15 is 0 Å².